The number of para-hydroxylation sites is 1. The molecule has 0 amide bonds. The Bertz CT molecular complexity index is 912. The first kappa shape index (κ1) is 17.2. The predicted molar refractivity (Wildman–Crippen MR) is 111 cm³/mol. The van der Waals surface area contributed by atoms with Gasteiger partial charge in [-0.15, -0.1) is 11.3 Å². The molecule has 0 fully saturated rings. The molecule has 122 valence electrons. The molecule has 2 aromatic carbocycles. The van der Waals surface area contributed by atoms with Crippen molar-refractivity contribution in [2.24, 2.45) is 0 Å². The molecule has 1 heterocycles. The molecular formula is C20H18ClNS2. The molecule has 0 aliphatic heterocycles. The molecule has 0 saturated heterocycles. The molecule has 1 nitrogen and oxygen atoms in total. The fourth-order valence-corrected chi connectivity index (χ4v) is 4.36. The van der Waals surface area contributed by atoms with Crippen molar-refractivity contribution in [3.05, 3.63) is 80.0 Å². The highest BCUT2D eigenvalue weighted by Crippen LogP contribution is 2.30. The molecule has 0 aliphatic rings. The van der Waals surface area contributed by atoms with Crippen LogP contribution >= 0.6 is 35.2 Å². The number of hydrogen-bond donors (Lipinski definition) is 1. The summed E-state index contributed by atoms with van der Waals surface area (Å²) in [4.78, 5) is 3.30. The molecule has 0 bridgehead atoms. The maximum Gasteiger partial charge on any atom is 0.0547 e. The highest BCUT2D eigenvalue weighted by atomic mass is 35.5. The first-order chi connectivity index (χ1) is 11.5. The van der Waals surface area contributed by atoms with Gasteiger partial charge >= 0.3 is 0 Å². The first-order valence-corrected chi connectivity index (χ1v) is 9.30. The van der Waals surface area contributed by atoms with E-state index in [0.29, 0.717) is 5.02 Å². The van der Waals surface area contributed by atoms with Crippen molar-refractivity contribution < 1.29 is 0 Å². The van der Waals surface area contributed by atoms with E-state index in [1.54, 1.807) is 11.3 Å². The van der Waals surface area contributed by atoms with Crippen LogP contribution in [-0.4, -0.2) is 4.86 Å². The van der Waals surface area contributed by atoms with Crippen molar-refractivity contribution in [1.82, 2.24) is 0 Å². The summed E-state index contributed by atoms with van der Waals surface area (Å²) in [5, 5.41) is 4.08. The minimum absolute atomic E-state index is 0.668. The van der Waals surface area contributed by atoms with Gasteiger partial charge in [-0.05, 0) is 56.7 Å². The zero-order valence-corrected chi connectivity index (χ0v) is 16.2. The van der Waals surface area contributed by atoms with Crippen LogP contribution < -0.4 is 5.32 Å². The Kier molecular flexibility index (Phi) is 5.04. The summed E-state index contributed by atoms with van der Waals surface area (Å²) in [6.45, 7) is 6.27. The molecule has 24 heavy (non-hydrogen) atoms. The fraction of sp³-hybridized carbons (Fsp3) is 0.150. The van der Waals surface area contributed by atoms with E-state index in [1.165, 1.54) is 15.3 Å². The Balaban J connectivity index is 1.89. The number of nitrogens with one attached hydrogen (secondary N) is 1. The lowest BCUT2D eigenvalue weighted by molar-refractivity contribution is 1.43. The number of halogens is 1. The quantitative estimate of drug-likeness (QED) is 0.398. The van der Waals surface area contributed by atoms with Gasteiger partial charge in [0.25, 0.3) is 0 Å². The van der Waals surface area contributed by atoms with Gasteiger partial charge in [0, 0.05) is 32.3 Å². The second-order valence-electron chi connectivity index (χ2n) is 5.79. The largest absolute Gasteiger partial charge is 0.355 e. The SMILES string of the molecule is Cc1cc(C(=S)c2ccc(Nc3ccccc3C)cc2Cl)c(C)s1. The summed E-state index contributed by atoms with van der Waals surface area (Å²) >= 11 is 13.9. The molecule has 3 aromatic rings. The Labute approximate surface area is 157 Å². The van der Waals surface area contributed by atoms with Crippen LogP contribution in [0.25, 0.3) is 0 Å². The zero-order valence-electron chi connectivity index (χ0n) is 13.8. The average Bonchev–Trinajstić information content (AvgIpc) is 2.88. The predicted octanol–water partition coefficient (Wildman–Crippen LogP) is 6.84. The zero-order chi connectivity index (χ0) is 17.3. The summed E-state index contributed by atoms with van der Waals surface area (Å²) in [6.07, 6.45) is 0. The van der Waals surface area contributed by atoms with Crippen molar-refractivity contribution in [3.63, 3.8) is 0 Å². The molecule has 1 aromatic heterocycles. The number of rotatable bonds is 4. The lowest BCUT2D eigenvalue weighted by atomic mass is 10.0. The number of aryl methyl sites for hydroxylation is 3. The highest BCUT2D eigenvalue weighted by Gasteiger charge is 2.14. The van der Waals surface area contributed by atoms with Gasteiger partial charge in [0.15, 0.2) is 0 Å². The van der Waals surface area contributed by atoms with E-state index in [-0.39, 0.29) is 0 Å². The monoisotopic (exact) mass is 371 g/mol. The van der Waals surface area contributed by atoms with Crippen molar-refractivity contribution in [1.29, 1.82) is 0 Å². The molecule has 0 radical (unpaired) electrons. The summed E-state index contributed by atoms with van der Waals surface area (Å²) in [7, 11) is 0. The van der Waals surface area contributed by atoms with Crippen LogP contribution in [0.1, 0.15) is 26.4 Å². The van der Waals surface area contributed by atoms with Gasteiger partial charge in [0.05, 0.1) is 9.89 Å². The lowest BCUT2D eigenvalue weighted by Crippen LogP contribution is -2.02. The number of thiophene rings is 1. The van der Waals surface area contributed by atoms with E-state index in [4.69, 9.17) is 23.8 Å². The number of anilines is 2. The van der Waals surface area contributed by atoms with Crippen molar-refractivity contribution >= 4 is 51.4 Å². The number of hydrogen-bond acceptors (Lipinski definition) is 3. The van der Waals surface area contributed by atoms with Gasteiger partial charge in [0.2, 0.25) is 0 Å². The van der Waals surface area contributed by atoms with Crippen LogP contribution in [-0.2, 0) is 0 Å². The van der Waals surface area contributed by atoms with E-state index in [2.05, 4.69) is 44.3 Å². The Morgan fingerprint density at radius 2 is 1.75 bits per heavy atom. The first-order valence-electron chi connectivity index (χ1n) is 7.69. The van der Waals surface area contributed by atoms with Crippen LogP contribution in [0.4, 0.5) is 11.4 Å². The maximum absolute atomic E-state index is 6.52. The maximum atomic E-state index is 6.52. The third kappa shape index (κ3) is 3.54. The summed E-state index contributed by atoms with van der Waals surface area (Å²) < 4.78 is 0. The number of thiocarbonyl (C=S) groups is 1. The Morgan fingerprint density at radius 3 is 2.38 bits per heavy atom. The highest BCUT2D eigenvalue weighted by molar-refractivity contribution is 7.81. The second kappa shape index (κ2) is 7.06. The van der Waals surface area contributed by atoms with Gasteiger partial charge in [-0.2, -0.15) is 0 Å². The van der Waals surface area contributed by atoms with Gasteiger partial charge < -0.3 is 5.32 Å². The fourth-order valence-electron chi connectivity index (χ4n) is 2.65. The molecule has 4 heteroatoms. The molecule has 0 unspecified atom stereocenters. The van der Waals surface area contributed by atoms with Gasteiger partial charge in [0.1, 0.15) is 0 Å². The Morgan fingerprint density at radius 1 is 1.00 bits per heavy atom. The summed E-state index contributed by atoms with van der Waals surface area (Å²) in [5.41, 5.74) is 5.24. The van der Waals surface area contributed by atoms with Crippen LogP contribution in [0.5, 0.6) is 0 Å². The van der Waals surface area contributed by atoms with Crippen LogP contribution in [0.3, 0.4) is 0 Å². The molecule has 3 rings (SSSR count). The van der Waals surface area contributed by atoms with Crippen molar-refractivity contribution in [2.45, 2.75) is 20.8 Å². The van der Waals surface area contributed by atoms with E-state index in [9.17, 15) is 0 Å². The molecule has 1 N–H and O–H groups in total. The van der Waals surface area contributed by atoms with Gasteiger partial charge in [-0.3, -0.25) is 0 Å². The second-order valence-corrected chi connectivity index (χ2v) is 8.07. The molecule has 0 spiro atoms. The third-order valence-electron chi connectivity index (χ3n) is 3.92. The smallest absolute Gasteiger partial charge is 0.0547 e. The standard InChI is InChI=1S/C20H18ClNS2/c1-12-6-4-5-7-19(12)22-15-8-9-16(18(21)11-15)20(23)17-10-13(2)24-14(17)3/h4-11,22H,1-3H3. The average molecular weight is 372 g/mol. The summed E-state index contributed by atoms with van der Waals surface area (Å²) in [6, 6.07) is 16.3. The van der Waals surface area contributed by atoms with Crippen molar-refractivity contribution in [2.75, 3.05) is 5.32 Å². The van der Waals surface area contributed by atoms with E-state index in [1.807, 2.05) is 30.3 Å². The molecule has 0 saturated carbocycles. The van der Waals surface area contributed by atoms with E-state index >= 15 is 0 Å². The normalized spacial score (nSPS) is 10.7. The molecular weight excluding hydrogens is 354 g/mol. The van der Waals surface area contributed by atoms with E-state index in [0.717, 1.165) is 27.4 Å². The van der Waals surface area contributed by atoms with Gasteiger partial charge in [-0.25, -0.2) is 0 Å². The summed E-state index contributed by atoms with van der Waals surface area (Å²) in [5.74, 6) is 0. The third-order valence-corrected chi connectivity index (χ3v) is 5.64. The van der Waals surface area contributed by atoms with Crippen LogP contribution in [0.2, 0.25) is 5.02 Å². The van der Waals surface area contributed by atoms with E-state index < -0.39 is 0 Å². The number of benzene rings is 2. The van der Waals surface area contributed by atoms with Crippen LogP contribution in [0, 0.1) is 20.8 Å². The lowest BCUT2D eigenvalue weighted by Gasteiger charge is -2.12. The van der Waals surface area contributed by atoms with Crippen molar-refractivity contribution in [3.8, 4) is 0 Å². The van der Waals surface area contributed by atoms with Crippen LogP contribution in [0.15, 0.2) is 48.5 Å². The molecule has 0 atom stereocenters. The minimum atomic E-state index is 0.668. The van der Waals surface area contributed by atoms with Gasteiger partial charge in [-0.1, -0.05) is 42.0 Å². The Hall–Kier alpha value is -1.68. The topological polar surface area (TPSA) is 12.0 Å². The molecule has 0 aliphatic carbocycles. The minimum Gasteiger partial charge on any atom is -0.355 e.